The first-order valence-electron chi connectivity index (χ1n) is 13.2. The van der Waals surface area contributed by atoms with E-state index >= 15 is 0 Å². The molecule has 1 heterocycles. The molecule has 1 fully saturated rings. The Morgan fingerprint density at radius 3 is 2.58 bits per heavy atom. The van der Waals surface area contributed by atoms with E-state index in [1.54, 1.807) is 43.5 Å². The molecular weight excluding hydrogens is 503 g/mol. The number of ketones is 2. The Balaban J connectivity index is 1.47. The summed E-state index contributed by atoms with van der Waals surface area (Å²) >= 11 is 6.33. The van der Waals surface area contributed by atoms with Crippen molar-refractivity contribution in [3.05, 3.63) is 80.9 Å². The number of phenolic OH excluding ortho intramolecular Hbond substituents is 1. The zero-order chi connectivity index (χ0) is 27.0. The van der Waals surface area contributed by atoms with Crippen LogP contribution in [0, 0.1) is 17.8 Å². The zero-order valence-corrected chi connectivity index (χ0v) is 22.4. The second kappa shape index (κ2) is 11.2. The van der Waals surface area contributed by atoms with E-state index in [9.17, 15) is 19.7 Å². The summed E-state index contributed by atoms with van der Waals surface area (Å²) in [7, 11) is 0.613. The molecule has 0 bridgehead atoms. The predicted molar refractivity (Wildman–Crippen MR) is 147 cm³/mol. The van der Waals surface area contributed by atoms with E-state index in [1.165, 1.54) is 6.07 Å². The highest BCUT2D eigenvalue weighted by Crippen LogP contribution is 2.51. The van der Waals surface area contributed by atoms with Crippen molar-refractivity contribution in [3.8, 4) is 5.75 Å². The minimum absolute atomic E-state index is 0.00244. The number of halogens is 1. The van der Waals surface area contributed by atoms with Gasteiger partial charge in [0, 0.05) is 30.1 Å². The highest BCUT2D eigenvalue weighted by molar-refractivity contribution is 6.43. The molecule has 2 aliphatic carbocycles. The molecule has 6 nitrogen and oxygen atoms in total. The number of phenols is 1. The van der Waals surface area contributed by atoms with Crippen molar-refractivity contribution in [2.75, 3.05) is 13.7 Å². The minimum atomic E-state index is -1.02. The highest BCUT2D eigenvalue weighted by Gasteiger charge is 2.53. The third kappa shape index (κ3) is 5.01. The first kappa shape index (κ1) is 26.9. The quantitative estimate of drug-likeness (QED) is 0.346. The van der Waals surface area contributed by atoms with Crippen LogP contribution in [-0.4, -0.2) is 48.6 Å². The Kier molecular flexibility index (Phi) is 7.91. The van der Waals surface area contributed by atoms with Gasteiger partial charge in [0.1, 0.15) is 5.75 Å². The van der Waals surface area contributed by atoms with E-state index in [4.69, 9.17) is 21.0 Å². The molecule has 0 spiro atoms. The molecule has 1 saturated heterocycles. The second-order valence-electron chi connectivity index (χ2n) is 10.4. The summed E-state index contributed by atoms with van der Waals surface area (Å²) in [6.45, 7) is 2.43. The van der Waals surface area contributed by atoms with Crippen molar-refractivity contribution in [2.45, 2.75) is 45.0 Å². The van der Waals surface area contributed by atoms with Crippen molar-refractivity contribution >= 4 is 36.4 Å². The number of rotatable bonds is 7. The number of hydrogen-bond acceptors (Lipinski definition) is 6. The van der Waals surface area contributed by atoms with Crippen LogP contribution in [0.15, 0.2) is 59.2 Å². The van der Waals surface area contributed by atoms with Crippen LogP contribution in [0.2, 0.25) is 11.3 Å². The molecule has 198 valence electrons. The fourth-order valence-corrected chi connectivity index (χ4v) is 6.73. The van der Waals surface area contributed by atoms with Gasteiger partial charge in [-0.05, 0) is 72.8 Å². The summed E-state index contributed by atoms with van der Waals surface area (Å²) in [5.41, 5.74) is 4.96. The van der Waals surface area contributed by atoms with Crippen molar-refractivity contribution in [1.29, 1.82) is 0 Å². The fraction of sp³-hybridized carbons (Fsp3) is 0.400. The van der Waals surface area contributed by atoms with Gasteiger partial charge in [0.05, 0.1) is 17.7 Å². The number of aromatic hydroxyl groups is 1. The van der Waals surface area contributed by atoms with E-state index in [0.717, 1.165) is 28.7 Å². The maximum Gasteiger partial charge on any atom is 0.455 e. The van der Waals surface area contributed by atoms with Crippen LogP contribution in [0.4, 0.5) is 0 Å². The molecule has 0 unspecified atom stereocenters. The summed E-state index contributed by atoms with van der Waals surface area (Å²) in [5, 5.41) is 20.9. The number of hydrogen-bond donors (Lipinski definition) is 2. The van der Waals surface area contributed by atoms with Crippen LogP contribution in [0.1, 0.15) is 58.9 Å². The van der Waals surface area contributed by atoms with Crippen LogP contribution in [-0.2, 0) is 9.39 Å². The fourth-order valence-electron chi connectivity index (χ4n) is 6.50. The number of Topliss-reactive ketones (excluding diaryl/α,β-unsaturated/α-hetero) is 2. The van der Waals surface area contributed by atoms with Crippen LogP contribution in [0.25, 0.3) is 6.08 Å². The normalized spacial score (nSPS) is 25.3. The number of carbonyl (C=O) groups is 2. The topological polar surface area (TPSA) is 93.1 Å². The monoisotopic (exact) mass is 534 g/mol. The van der Waals surface area contributed by atoms with E-state index in [0.29, 0.717) is 42.0 Å². The maximum absolute atomic E-state index is 13.7. The SMILES string of the molecule is CC/C(=C\c1ccc(O)cc1Cl)CC[C@H]1OB(O)C[C@H]2C1=C(COC)C[C@H]1C(=O)c3ccccc3C(=O)[C@H]12. The van der Waals surface area contributed by atoms with Gasteiger partial charge in [-0.1, -0.05) is 54.4 Å². The summed E-state index contributed by atoms with van der Waals surface area (Å²) in [4.78, 5) is 27.2. The van der Waals surface area contributed by atoms with E-state index in [2.05, 4.69) is 6.92 Å². The van der Waals surface area contributed by atoms with Crippen molar-refractivity contribution < 1.29 is 29.1 Å². The zero-order valence-electron chi connectivity index (χ0n) is 21.7. The van der Waals surface area contributed by atoms with Gasteiger partial charge in [-0.25, -0.2) is 0 Å². The van der Waals surface area contributed by atoms with Crippen molar-refractivity contribution in [1.82, 2.24) is 0 Å². The molecule has 38 heavy (non-hydrogen) atoms. The standard InChI is InChI=1S/C30H32BClO6/c1-3-17(12-18-9-10-20(33)14-25(18)32)8-11-26-27-19(16-37-2)13-23-28(24(27)15-31(36)38-26)30(35)22-7-5-4-6-21(22)29(23)34/h4-7,9-10,12,14,23-24,26,28,33,36H,3,8,11,13,15-16H2,1-2H3/b17-12+/t23-,24+,26-,28-/m1/s1. The third-order valence-corrected chi connectivity index (χ3v) is 8.53. The van der Waals surface area contributed by atoms with Crippen LogP contribution in [0.3, 0.4) is 0 Å². The molecule has 3 aliphatic rings. The summed E-state index contributed by atoms with van der Waals surface area (Å²) in [6.07, 6.45) is 4.49. The maximum atomic E-state index is 13.7. The highest BCUT2D eigenvalue weighted by atomic mass is 35.5. The molecule has 5 rings (SSSR count). The number of allylic oxidation sites excluding steroid dienone is 1. The van der Waals surface area contributed by atoms with Crippen molar-refractivity contribution in [2.24, 2.45) is 17.8 Å². The Morgan fingerprint density at radius 2 is 1.89 bits per heavy atom. The molecule has 0 saturated carbocycles. The van der Waals surface area contributed by atoms with Crippen molar-refractivity contribution in [3.63, 3.8) is 0 Å². The average molecular weight is 535 g/mol. The molecule has 2 aromatic carbocycles. The largest absolute Gasteiger partial charge is 0.508 e. The van der Waals surface area contributed by atoms with Gasteiger partial charge in [-0.15, -0.1) is 0 Å². The van der Waals surface area contributed by atoms with Crippen LogP contribution < -0.4 is 0 Å². The number of benzene rings is 2. The van der Waals surface area contributed by atoms with Gasteiger partial charge in [0.2, 0.25) is 0 Å². The van der Waals surface area contributed by atoms with Crippen LogP contribution >= 0.6 is 11.6 Å². The van der Waals surface area contributed by atoms with Gasteiger partial charge in [-0.2, -0.15) is 0 Å². The van der Waals surface area contributed by atoms with Gasteiger partial charge < -0.3 is 19.5 Å². The van der Waals surface area contributed by atoms with E-state index in [1.807, 2.05) is 6.08 Å². The first-order chi connectivity index (χ1) is 18.3. The molecule has 0 aromatic heterocycles. The molecule has 0 radical (unpaired) electrons. The molecule has 8 heteroatoms. The predicted octanol–water partition coefficient (Wildman–Crippen LogP) is 5.77. The lowest BCUT2D eigenvalue weighted by Crippen LogP contribution is -2.51. The summed E-state index contributed by atoms with van der Waals surface area (Å²) in [5.74, 6) is -1.15. The minimum Gasteiger partial charge on any atom is -0.508 e. The Morgan fingerprint density at radius 1 is 1.16 bits per heavy atom. The molecular formula is C30H32BClO6. The molecule has 2 aromatic rings. The lowest BCUT2D eigenvalue weighted by Gasteiger charge is -2.47. The number of carbonyl (C=O) groups excluding carboxylic acids is 2. The second-order valence-corrected chi connectivity index (χ2v) is 10.8. The van der Waals surface area contributed by atoms with Gasteiger partial charge in [-0.3, -0.25) is 9.59 Å². The van der Waals surface area contributed by atoms with Gasteiger partial charge >= 0.3 is 7.12 Å². The Bertz CT molecular complexity index is 1320. The lowest BCUT2D eigenvalue weighted by atomic mass is 9.54. The van der Waals surface area contributed by atoms with Gasteiger partial charge in [0.15, 0.2) is 11.6 Å². The number of fused-ring (bicyclic) bond motifs is 4. The third-order valence-electron chi connectivity index (χ3n) is 8.21. The molecule has 2 N–H and O–H groups in total. The Hall–Kier alpha value is -2.71. The van der Waals surface area contributed by atoms with Crippen LogP contribution in [0.5, 0.6) is 5.75 Å². The van der Waals surface area contributed by atoms with E-state index < -0.39 is 19.0 Å². The smallest absolute Gasteiger partial charge is 0.455 e. The molecule has 1 aliphatic heterocycles. The summed E-state index contributed by atoms with van der Waals surface area (Å²) < 4.78 is 11.6. The Labute approximate surface area is 228 Å². The lowest BCUT2D eigenvalue weighted by molar-refractivity contribution is 0.0584. The number of ether oxygens (including phenoxy) is 1. The summed E-state index contributed by atoms with van der Waals surface area (Å²) in [6, 6.07) is 12.0. The first-order valence-corrected chi connectivity index (χ1v) is 13.6. The van der Waals surface area contributed by atoms with E-state index in [-0.39, 0.29) is 35.7 Å². The average Bonchev–Trinajstić information content (AvgIpc) is 2.90. The van der Waals surface area contributed by atoms with Gasteiger partial charge in [0.25, 0.3) is 0 Å². The molecule has 4 atom stereocenters. The molecule has 0 amide bonds. The number of methoxy groups -OCH3 is 1.